The maximum Gasteiger partial charge on any atom is 0.288 e. The molecule has 0 atom stereocenters. The van der Waals surface area contributed by atoms with Crippen molar-refractivity contribution in [3.63, 3.8) is 0 Å². The van der Waals surface area contributed by atoms with Gasteiger partial charge in [-0.1, -0.05) is 37.4 Å². The van der Waals surface area contributed by atoms with Crippen molar-refractivity contribution in [2.24, 2.45) is 0 Å². The molecule has 0 spiro atoms. The maximum absolute atomic E-state index is 10.9. The molecule has 19 heavy (non-hydrogen) atoms. The number of nitro groups is 1. The monoisotopic (exact) mass is 282 g/mol. The van der Waals surface area contributed by atoms with E-state index in [4.69, 9.17) is 11.6 Å². The van der Waals surface area contributed by atoms with E-state index < -0.39 is 4.92 Å². The molecule has 5 heteroatoms. The highest BCUT2D eigenvalue weighted by atomic mass is 35.5. The summed E-state index contributed by atoms with van der Waals surface area (Å²) >= 11 is 5.83. The van der Waals surface area contributed by atoms with Gasteiger partial charge in [0.15, 0.2) is 0 Å². The fourth-order valence-corrected chi connectivity index (χ4v) is 2.99. The molecule has 0 N–H and O–H groups in total. The second-order valence-electron chi connectivity index (χ2n) is 5.04. The number of nitrogens with zero attached hydrogens (tertiary/aromatic N) is 2. The molecule has 0 aliphatic heterocycles. The molecule has 1 aliphatic carbocycles. The van der Waals surface area contributed by atoms with Gasteiger partial charge in [0.05, 0.1) is 4.92 Å². The van der Waals surface area contributed by atoms with Crippen molar-refractivity contribution in [2.75, 3.05) is 6.54 Å². The molecule has 0 saturated heterocycles. The van der Waals surface area contributed by atoms with Crippen molar-refractivity contribution < 1.29 is 4.92 Å². The van der Waals surface area contributed by atoms with Crippen LogP contribution >= 0.6 is 11.6 Å². The smallest absolute Gasteiger partial charge is 0.288 e. The minimum absolute atomic E-state index is 0.00152. The Bertz CT molecular complexity index is 459. The molecule has 1 saturated carbocycles. The highest BCUT2D eigenvalue weighted by Gasteiger charge is 2.22. The Hall–Kier alpha value is -1.13. The predicted molar refractivity (Wildman–Crippen MR) is 76.4 cm³/mol. The van der Waals surface area contributed by atoms with Gasteiger partial charge in [0, 0.05) is 18.7 Å². The molecule has 0 heterocycles. The van der Waals surface area contributed by atoms with Crippen molar-refractivity contribution >= 4 is 17.3 Å². The van der Waals surface area contributed by atoms with Crippen LogP contribution < -0.4 is 0 Å². The summed E-state index contributed by atoms with van der Waals surface area (Å²) in [7, 11) is 0. The number of nitro benzene ring substituents is 1. The fourth-order valence-electron chi connectivity index (χ4n) is 2.80. The lowest BCUT2D eigenvalue weighted by atomic mass is 10.1. The zero-order chi connectivity index (χ0) is 13.8. The number of hydrogen-bond donors (Lipinski definition) is 0. The molecule has 1 aromatic rings. The molecule has 2 rings (SSSR count). The Morgan fingerprint density at radius 3 is 2.68 bits per heavy atom. The van der Waals surface area contributed by atoms with Gasteiger partial charge in [-0.25, -0.2) is 0 Å². The van der Waals surface area contributed by atoms with Crippen LogP contribution in [-0.4, -0.2) is 22.4 Å². The first-order valence-electron chi connectivity index (χ1n) is 6.78. The summed E-state index contributed by atoms with van der Waals surface area (Å²) in [5.41, 5.74) is 0.964. The zero-order valence-corrected chi connectivity index (χ0v) is 11.9. The Balaban J connectivity index is 2.12. The fraction of sp³-hybridized carbons (Fsp3) is 0.571. The number of hydrogen-bond acceptors (Lipinski definition) is 3. The molecule has 0 amide bonds. The molecule has 0 aromatic heterocycles. The lowest BCUT2D eigenvalue weighted by molar-refractivity contribution is -0.384. The lowest BCUT2D eigenvalue weighted by Crippen LogP contribution is -2.32. The van der Waals surface area contributed by atoms with Gasteiger partial charge < -0.3 is 0 Å². The van der Waals surface area contributed by atoms with Gasteiger partial charge >= 0.3 is 0 Å². The summed E-state index contributed by atoms with van der Waals surface area (Å²) in [6.45, 7) is 3.88. The second kappa shape index (κ2) is 6.35. The van der Waals surface area contributed by atoms with E-state index in [1.807, 2.05) is 6.07 Å². The molecular formula is C14H19ClN2O2. The predicted octanol–water partition coefficient (Wildman–Crippen LogP) is 4.01. The van der Waals surface area contributed by atoms with Crippen LogP contribution in [0.4, 0.5) is 5.69 Å². The van der Waals surface area contributed by atoms with Crippen LogP contribution in [0.2, 0.25) is 5.02 Å². The summed E-state index contributed by atoms with van der Waals surface area (Å²) in [5.74, 6) is 0. The summed E-state index contributed by atoms with van der Waals surface area (Å²) in [6, 6.07) is 5.73. The van der Waals surface area contributed by atoms with Crippen molar-refractivity contribution in [1.29, 1.82) is 0 Å². The van der Waals surface area contributed by atoms with E-state index in [1.165, 1.54) is 25.7 Å². The quantitative estimate of drug-likeness (QED) is 0.605. The van der Waals surface area contributed by atoms with Crippen LogP contribution in [-0.2, 0) is 6.54 Å². The Labute approximate surface area is 118 Å². The van der Waals surface area contributed by atoms with E-state index >= 15 is 0 Å². The molecule has 0 bridgehead atoms. The minimum Gasteiger partial charge on any atom is -0.296 e. The molecule has 4 nitrogen and oxygen atoms in total. The summed E-state index contributed by atoms with van der Waals surface area (Å²) in [6.07, 6.45) is 5.07. The van der Waals surface area contributed by atoms with Crippen LogP contribution in [0.1, 0.15) is 38.2 Å². The number of benzene rings is 1. The van der Waals surface area contributed by atoms with Gasteiger partial charge in [-0.2, -0.15) is 0 Å². The SMILES string of the molecule is CCN(Cc1ccc(Cl)c([N+](=O)[O-])c1)C1CCCC1. The second-order valence-corrected chi connectivity index (χ2v) is 5.45. The van der Waals surface area contributed by atoms with Crippen LogP contribution in [0.5, 0.6) is 0 Å². The minimum atomic E-state index is -0.419. The van der Waals surface area contributed by atoms with E-state index in [2.05, 4.69) is 11.8 Å². The van der Waals surface area contributed by atoms with Gasteiger partial charge in [0.2, 0.25) is 0 Å². The topological polar surface area (TPSA) is 46.4 Å². The third kappa shape index (κ3) is 3.45. The van der Waals surface area contributed by atoms with Gasteiger partial charge in [0.25, 0.3) is 5.69 Å². The summed E-state index contributed by atoms with van der Waals surface area (Å²) in [5, 5.41) is 11.1. The summed E-state index contributed by atoms with van der Waals surface area (Å²) < 4.78 is 0. The van der Waals surface area contributed by atoms with Gasteiger partial charge in [-0.3, -0.25) is 15.0 Å². The molecule has 1 aliphatic rings. The Morgan fingerprint density at radius 1 is 1.42 bits per heavy atom. The van der Waals surface area contributed by atoms with Crippen LogP contribution in [0, 0.1) is 10.1 Å². The third-order valence-electron chi connectivity index (χ3n) is 3.84. The zero-order valence-electron chi connectivity index (χ0n) is 11.1. The first-order chi connectivity index (χ1) is 9.11. The van der Waals surface area contributed by atoms with Gasteiger partial charge in [-0.05, 0) is 31.0 Å². The van der Waals surface area contributed by atoms with Crippen LogP contribution in [0.15, 0.2) is 18.2 Å². The number of halogens is 1. The molecule has 1 aromatic carbocycles. The van der Waals surface area contributed by atoms with E-state index in [0.29, 0.717) is 6.04 Å². The van der Waals surface area contributed by atoms with Gasteiger partial charge in [0.1, 0.15) is 5.02 Å². The van der Waals surface area contributed by atoms with Gasteiger partial charge in [-0.15, -0.1) is 0 Å². The largest absolute Gasteiger partial charge is 0.296 e. The van der Waals surface area contributed by atoms with Crippen molar-refractivity contribution in [3.05, 3.63) is 38.9 Å². The average molecular weight is 283 g/mol. The summed E-state index contributed by atoms with van der Waals surface area (Å²) in [4.78, 5) is 12.9. The van der Waals surface area contributed by atoms with Crippen LogP contribution in [0.25, 0.3) is 0 Å². The first-order valence-corrected chi connectivity index (χ1v) is 7.16. The Kier molecular flexibility index (Phi) is 4.77. The molecular weight excluding hydrogens is 264 g/mol. The number of rotatable bonds is 5. The standard InChI is InChI=1S/C14H19ClN2O2/c1-2-16(12-5-3-4-6-12)10-11-7-8-13(15)14(9-11)17(18)19/h7-9,12H,2-6,10H2,1H3. The van der Waals surface area contributed by atoms with Crippen LogP contribution in [0.3, 0.4) is 0 Å². The van der Waals surface area contributed by atoms with E-state index in [1.54, 1.807) is 12.1 Å². The maximum atomic E-state index is 10.9. The van der Waals surface area contributed by atoms with Crippen molar-refractivity contribution in [3.8, 4) is 0 Å². The van der Waals surface area contributed by atoms with E-state index in [-0.39, 0.29) is 10.7 Å². The highest BCUT2D eigenvalue weighted by molar-refractivity contribution is 6.32. The van der Waals surface area contributed by atoms with Crippen molar-refractivity contribution in [1.82, 2.24) is 4.90 Å². The highest BCUT2D eigenvalue weighted by Crippen LogP contribution is 2.28. The molecule has 104 valence electrons. The average Bonchev–Trinajstić information content (AvgIpc) is 2.91. The molecule has 0 unspecified atom stereocenters. The van der Waals surface area contributed by atoms with E-state index in [0.717, 1.165) is 18.7 Å². The normalized spacial score (nSPS) is 16.2. The van der Waals surface area contributed by atoms with E-state index in [9.17, 15) is 10.1 Å². The molecule has 0 radical (unpaired) electrons. The Morgan fingerprint density at radius 2 is 2.11 bits per heavy atom. The first kappa shape index (κ1) is 14.3. The third-order valence-corrected chi connectivity index (χ3v) is 4.16. The lowest BCUT2D eigenvalue weighted by Gasteiger charge is -2.27. The molecule has 1 fully saturated rings. The van der Waals surface area contributed by atoms with Crippen molar-refractivity contribution in [2.45, 2.75) is 45.2 Å².